The highest BCUT2D eigenvalue weighted by Gasteiger charge is 2.12. The van der Waals surface area contributed by atoms with Crippen molar-refractivity contribution in [3.05, 3.63) is 29.3 Å². The molecule has 0 radical (unpaired) electrons. The molecule has 3 nitrogen and oxygen atoms in total. The average Bonchev–Trinajstić information content (AvgIpc) is 2.36. The van der Waals surface area contributed by atoms with Gasteiger partial charge in [-0.05, 0) is 37.1 Å². The van der Waals surface area contributed by atoms with Crippen molar-refractivity contribution in [1.29, 1.82) is 0 Å². The van der Waals surface area contributed by atoms with E-state index in [0.717, 1.165) is 6.42 Å². The van der Waals surface area contributed by atoms with Crippen molar-refractivity contribution in [2.45, 2.75) is 26.8 Å². The molecule has 0 saturated carbocycles. The molecule has 1 rings (SSSR count). The first-order valence-corrected chi connectivity index (χ1v) is 6.87. The largest absolute Gasteiger partial charge is 0.485 e. The zero-order chi connectivity index (χ0) is 15.0. The van der Waals surface area contributed by atoms with E-state index in [1.807, 2.05) is 0 Å². The summed E-state index contributed by atoms with van der Waals surface area (Å²) in [6, 6.07) is 2.54. The molecule has 0 spiro atoms. The van der Waals surface area contributed by atoms with Crippen LogP contribution in [0.5, 0.6) is 5.75 Å². The Morgan fingerprint density at radius 3 is 2.30 bits per heavy atom. The van der Waals surface area contributed by atoms with Gasteiger partial charge in [-0.2, -0.15) is 0 Å². The highest BCUT2D eigenvalue weighted by atomic mass is 19.1. The zero-order valence-corrected chi connectivity index (χ0v) is 12.3. The number of nitrogens with one attached hydrogen (secondary N) is 1. The number of ether oxygens (including phenoxy) is 2. The van der Waals surface area contributed by atoms with Crippen LogP contribution in [0.25, 0.3) is 0 Å². The van der Waals surface area contributed by atoms with E-state index in [-0.39, 0.29) is 12.4 Å². The molecule has 20 heavy (non-hydrogen) atoms. The second kappa shape index (κ2) is 8.87. The Kier molecular flexibility index (Phi) is 7.47. The maximum atomic E-state index is 13.7. The van der Waals surface area contributed by atoms with Crippen LogP contribution in [0.3, 0.4) is 0 Å². The Bertz CT molecular complexity index is 388. The molecule has 0 heterocycles. The monoisotopic (exact) mass is 287 g/mol. The van der Waals surface area contributed by atoms with Gasteiger partial charge in [-0.25, -0.2) is 8.78 Å². The van der Waals surface area contributed by atoms with Gasteiger partial charge in [0.15, 0.2) is 17.4 Å². The van der Waals surface area contributed by atoms with E-state index < -0.39 is 11.6 Å². The fourth-order valence-electron chi connectivity index (χ4n) is 1.68. The van der Waals surface area contributed by atoms with Gasteiger partial charge in [0.1, 0.15) is 6.61 Å². The van der Waals surface area contributed by atoms with Gasteiger partial charge in [-0.15, -0.1) is 0 Å². The lowest BCUT2D eigenvalue weighted by Gasteiger charge is -2.11. The van der Waals surface area contributed by atoms with Gasteiger partial charge < -0.3 is 14.8 Å². The quantitative estimate of drug-likeness (QED) is 0.708. The van der Waals surface area contributed by atoms with E-state index in [2.05, 4.69) is 19.2 Å². The van der Waals surface area contributed by atoms with Crippen molar-refractivity contribution in [2.75, 3.05) is 26.9 Å². The summed E-state index contributed by atoms with van der Waals surface area (Å²) < 4.78 is 37.8. The molecule has 0 aromatic heterocycles. The number of benzene rings is 1. The third kappa shape index (κ3) is 5.84. The molecule has 0 atom stereocenters. The number of rotatable bonds is 9. The third-order valence-corrected chi connectivity index (χ3v) is 2.75. The standard InChI is InChI=1S/C15H23F2NO2/c1-11(2)4-5-19-6-7-20-15-13(16)8-12(10-18-3)9-14(15)17/h8-9,11,18H,4-7,10H2,1-3H3. The maximum Gasteiger partial charge on any atom is 0.190 e. The Morgan fingerprint density at radius 1 is 1.10 bits per heavy atom. The molecule has 0 bridgehead atoms. The highest BCUT2D eigenvalue weighted by Crippen LogP contribution is 2.23. The predicted octanol–water partition coefficient (Wildman–Crippen LogP) is 3.13. The molecule has 114 valence electrons. The molecular formula is C15H23F2NO2. The first-order valence-electron chi connectivity index (χ1n) is 6.87. The Balaban J connectivity index is 2.40. The van der Waals surface area contributed by atoms with E-state index in [0.29, 0.717) is 31.2 Å². The van der Waals surface area contributed by atoms with Crippen molar-refractivity contribution in [3.8, 4) is 5.75 Å². The summed E-state index contributed by atoms with van der Waals surface area (Å²) in [4.78, 5) is 0. The molecule has 0 aliphatic carbocycles. The topological polar surface area (TPSA) is 30.5 Å². The lowest BCUT2D eigenvalue weighted by molar-refractivity contribution is 0.0899. The lowest BCUT2D eigenvalue weighted by Crippen LogP contribution is -2.11. The minimum Gasteiger partial charge on any atom is -0.485 e. The molecule has 0 saturated heterocycles. The minimum atomic E-state index is -0.683. The van der Waals surface area contributed by atoms with Crippen LogP contribution in [0.1, 0.15) is 25.8 Å². The Morgan fingerprint density at radius 2 is 1.75 bits per heavy atom. The maximum absolute atomic E-state index is 13.7. The van der Waals surface area contributed by atoms with Crippen LogP contribution in [0.2, 0.25) is 0 Å². The van der Waals surface area contributed by atoms with Crippen molar-refractivity contribution in [3.63, 3.8) is 0 Å². The van der Waals surface area contributed by atoms with Crippen LogP contribution in [0.15, 0.2) is 12.1 Å². The smallest absolute Gasteiger partial charge is 0.190 e. The minimum absolute atomic E-state index is 0.136. The second-order valence-corrected chi connectivity index (χ2v) is 5.06. The molecule has 1 aromatic carbocycles. The van der Waals surface area contributed by atoms with Crippen molar-refractivity contribution >= 4 is 0 Å². The molecule has 0 amide bonds. The molecule has 0 aliphatic rings. The molecule has 0 fully saturated rings. The fourth-order valence-corrected chi connectivity index (χ4v) is 1.68. The summed E-state index contributed by atoms with van der Waals surface area (Å²) in [7, 11) is 1.72. The molecular weight excluding hydrogens is 264 g/mol. The van der Waals surface area contributed by atoms with Gasteiger partial charge in [0.05, 0.1) is 6.61 Å². The number of hydrogen-bond acceptors (Lipinski definition) is 3. The van der Waals surface area contributed by atoms with E-state index in [9.17, 15) is 8.78 Å². The van der Waals surface area contributed by atoms with Crippen molar-refractivity contribution in [1.82, 2.24) is 5.32 Å². The van der Waals surface area contributed by atoms with E-state index >= 15 is 0 Å². The summed E-state index contributed by atoms with van der Waals surface area (Å²) in [5, 5.41) is 2.84. The summed E-state index contributed by atoms with van der Waals surface area (Å²) in [5.74, 6) is -1.13. The summed E-state index contributed by atoms with van der Waals surface area (Å²) in [6.07, 6.45) is 0.960. The van der Waals surface area contributed by atoms with E-state index in [4.69, 9.17) is 9.47 Å². The second-order valence-electron chi connectivity index (χ2n) is 5.06. The molecule has 0 aliphatic heterocycles. The van der Waals surface area contributed by atoms with E-state index in [1.165, 1.54) is 12.1 Å². The Hall–Kier alpha value is -1.20. The van der Waals surface area contributed by atoms with Crippen LogP contribution >= 0.6 is 0 Å². The van der Waals surface area contributed by atoms with Crippen LogP contribution < -0.4 is 10.1 Å². The van der Waals surface area contributed by atoms with Crippen LogP contribution in [-0.4, -0.2) is 26.9 Å². The number of hydrogen-bond donors (Lipinski definition) is 1. The van der Waals surface area contributed by atoms with Gasteiger partial charge in [0.2, 0.25) is 0 Å². The fraction of sp³-hybridized carbons (Fsp3) is 0.600. The van der Waals surface area contributed by atoms with Crippen LogP contribution in [-0.2, 0) is 11.3 Å². The summed E-state index contributed by atoms with van der Waals surface area (Å²) in [6.45, 7) is 5.72. The molecule has 1 aromatic rings. The number of halogens is 2. The predicted molar refractivity (Wildman–Crippen MR) is 74.9 cm³/mol. The van der Waals surface area contributed by atoms with Gasteiger partial charge in [-0.1, -0.05) is 13.8 Å². The van der Waals surface area contributed by atoms with Gasteiger partial charge in [0.25, 0.3) is 0 Å². The van der Waals surface area contributed by atoms with Crippen LogP contribution in [0.4, 0.5) is 8.78 Å². The van der Waals surface area contributed by atoms with Crippen LogP contribution in [0, 0.1) is 17.6 Å². The Labute approximate surface area is 119 Å². The average molecular weight is 287 g/mol. The third-order valence-electron chi connectivity index (χ3n) is 2.75. The lowest BCUT2D eigenvalue weighted by atomic mass is 10.1. The van der Waals surface area contributed by atoms with Crippen molar-refractivity contribution < 1.29 is 18.3 Å². The van der Waals surface area contributed by atoms with Crippen molar-refractivity contribution in [2.24, 2.45) is 5.92 Å². The normalized spacial score (nSPS) is 11.1. The molecule has 5 heteroatoms. The first kappa shape index (κ1) is 16.9. The highest BCUT2D eigenvalue weighted by molar-refractivity contribution is 5.31. The van der Waals surface area contributed by atoms with Gasteiger partial charge >= 0.3 is 0 Å². The molecule has 1 N–H and O–H groups in total. The van der Waals surface area contributed by atoms with Gasteiger partial charge in [-0.3, -0.25) is 0 Å². The SMILES string of the molecule is CNCc1cc(F)c(OCCOCCC(C)C)c(F)c1. The summed E-state index contributed by atoms with van der Waals surface area (Å²) in [5.41, 5.74) is 0.544. The van der Waals surface area contributed by atoms with Gasteiger partial charge in [0, 0.05) is 13.2 Å². The zero-order valence-electron chi connectivity index (χ0n) is 12.3. The summed E-state index contributed by atoms with van der Waals surface area (Å²) >= 11 is 0. The molecule has 0 unspecified atom stereocenters. The van der Waals surface area contributed by atoms with E-state index in [1.54, 1.807) is 7.05 Å². The first-order chi connectivity index (χ1) is 9.54.